The third-order valence-corrected chi connectivity index (χ3v) is 7.88. The topological polar surface area (TPSA) is 44.8 Å². The molecule has 6 heteroatoms. The van der Waals surface area contributed by atoms with Crippen LogP contribution in [0.5, 0.6) is 0 Å². The van der Waals surface area contributed by atoms with Crippen molar-refractivity contribution in [3.63, 3.8) is 0 Å². The molecule has 3 heterocycles. The van der Waals surface area contributed by atoms with E-state index in [1.165, 1.54) is 33.4 Å². The minimum Gasteiger partial charge on any atom is -0.364 e. The van der Waals surface area contributed by atoms with Crippen molar-refractivity contribution in [3.8, 4) is 0 Å². The fourth-order valence-electron chi connectivity index (χ4n) is 5.25. The average Bonchev–Trinajstić information content (AvgIpc) is 2.82. The van der Waals surface area contributed by atoms with Crippen LogP contribution in [-0.2, 0) is 9.63 Å². The molecule has 0 aliphatic carbocycles. The molecule has 1 aromatic carbocycles. The summed E-state index contributed by atoms with van der Waals surface area (Å²) in [6.07, 6.45) is 4.33. The van der Waals surface area contributed by atoms with Crippen LogP contribution >= 0.6 is 11.8 Å². The van der Waals surface area contributed by atoms with E-state index in [1.807, 2.05) is 18.7 Å². The highest BCUT2D eigenvalue weighted by atomic mass is 32.2. The first kappa shape index (κ1) is 19.1. The number of nitrogens with one attached hydrogen (secondary N) is 1. The summed E-state index contributed by atoms with van der Waals surface area (Å²) >= 11 is 2.01. The molecule has 0 aromatic heterocycles. The molecule has 1 saturated heterocycles. The van der Waals surface area contributed by atoms with Crippen molar-refractivity contribution < 1.29 is 9.63 Å². The highest BCUT2D eigenvalue weighted by molar-refractivity contribution is 7.99. The lowest BCUT2D eigenvalue weighted by Crippen LogP contribution is -2.56. The van der Waals surface area contributed by atoms with Crippen molar-refractivity contribution >= 4 is 23.4 Å². The molecule has 5 nitrogen and oxygen atoms in total. The van der Waals surface area contributed by atoms with Crippen LogP contribution in [0.25, 0.3) is 0 Å². The van der Waals surface area contributed by atoms with Crippen LogP contribution in [0.3, 0.4) is 0 Å². The Morgan fingerprint density at radius 2 is 2.37 bits per heavy atom. The minimum atomic E-state index is -0.0237. The van der Waals surface area contributed by atoms with Crippen LogP contribution in [0.15, 0.2) is 23.1 Å². The van der Waals surface area contributed by atoms with E-state index in [2.05, 4.69) is 28.4 Å². The Balaban J connectivity index is 1.63. The number of benzene rings is 1. The molecular weight excluding hydrogens is 358 g/mol. The largest absolute Gasteiger partial charge is 0.364 e. The Kier molecular flexibility index (Phi) is 5.41. The van der Waals surface area contributed by atoms with Gasteiger partial charge in [-0.05, 0) is 49.6 Å². The average molecular weight is 390 g/mol. The maximum atomic E-state index is 12.5. The van der Waals surface area contributed by atoms with Gasteiger partial charge >= 0.3 is 0 Å². The molecule has 3 atom stereocenters. The summed E-state index contributed by atoms with van der Waals surface area (Å²) in [5.74, 6) is 1.76. The van der Waals surface area contributed by atoms with E-state index in [4.69, 9.17) is 4.84 Å². The van der Waals surface area contributed by atoms with E-state index in [1.54, 1.807) is 14.2 Å². The van der Waals surface area contributed by atoms with E-state index in [0.717, 1.165) is 38.9 Å². The van der Waals surface area contributed by atoms with Crippen LogP contribution in [0.2, 0.25) is 0 Å². The number of hydrogen-bond donors (Lipinski definition) is 1. The molecule has 148 valence electrons. The zero-order chi connectivity index (χ0) is 19.0. The van der Waals surface area contributed by atoms with Gasteiger partial charge in [0.05, 0.1) is 12.8 Å². The van der Waals surface area contributed by atoms with Gasteiger partial charge in [-0.1, -0.05) is 19.1 Å². The quantitative estimate of drug-likeness (QED) is 0.783. The van der Waals surface area contributed by atoms with Crippen molar-refractivity contribution in [2.45, 2.75) is 49.0 Å². The molecule has 0 saturated carbocycles. The summed E-state index contributed by atoms with van der Waals surface area (Å²) in [6.45, 7) is 5.27. The monoisotopic (exact) mass is 389 g/mol. The number of carbonyl (C=O) groups is 1. The number of carbonyl (C=O) groups excluding carboxylic acids is 1. The SMILES string of the molecule is CON(C)C(=O)C(C)CCC12CCNCC1c1cccc3c1N2CCCS3. The lowest BCUT2D eigenvalue weighted by molar-refractivity contribution is -0.173. The summed E-state index contributed by atoms with van der Waals surface area (Å²) in [6, 6.07) is 6.86. The highest BCUT2D eigenvalue weighted by Crippen LogP contribution is 2.56. The molecule has 0 spiro atoms. The molecule has 0 radical (unpaired) electrons. The van der Waals surface area contributed by atoms with Gasteiger partial charge in [0.15, 0.2) is 0 Å². The number of rotatable bonds is 5. The number of para-hydroxylation sites is 1. The number of thioether (sulfide) groups is 1. The second-order valence-corrected chi connectivity index (χ2v) is 9.25. The fourth-order valence-corrected chi connectivity index (χ4v) is 6.28. The van der Waals surface area contributed by atoms with E-state index in [-0.39, 0.29) is 17.4 Å². The molecule has 1 fully saturated rings. The molecule has 1 aromatic rings. The lowest BCUT2D eigenvalue weighted by atomic mass is 9.73. The van der Waals surface area contributed by atoms with Crippen LogP contribution in [0.1, 0.15) is 44.1 Å². The van der Waals surface area contributed by atoms with Crippen molar-refractivity contribution in [2.24, 2.45) is 5.92 Å². The number of nitrogens with zero attached hydrogens (tertiary/aromatic N) is 2. The van der Waals surface area contributed by atoms with Crippen molar-refractivity contribution in [2.75, 3.05) is 44.4 Å². The van der Waals surface area contributed by atoms with Gasteiger partial charge in [0, 0.05) is 42.4 Å². The van der Waals surface area contributed by atoms with Gasteiger partial charge in [0.2, 0.25) is 5.91 Å². The summed E-state index contributed by atoms with van der Waals surface area (Å²) in [7, 11) is 3.25. The first-order valence-corrected chi connectivity index (χ1v) is 11.1. The maximum Gasteiger partial charge on any atom is 0.248 e. The van der Waals surface area contributed by atoms with Crippen LogP contribution in [0.4, 0.5) is 5.69 Å². The van der Waals surface area contributed by atoms with Crippen molar-refractivity contribution in [3.05, 3.63) is 23.8 Å². The third-order valence-electron chi connectivity index (χ3n) is 6.74. The molecule has 1 N–H and O–H groups in total. The Labute approximate surface area is 166 Å². The van der Waals surface area contributed by atoms with E-state index in [9.17, 15) is 4.79 Å². The second kappa shape index (κ2) is 7.64. The van der Waals surface area contributed by atoms with Gasteiger partial charge in [-0.3, -0.25) is 9.63 Å². The predicted octanol–water partition coefficient (Wildman–Crippen LogP) is 3.25. The van der Waals surface area contributed by atoms with Crippen LogP contribution in [0, 0.1) is 5.92 Å². The smallest absolute Gasteiger partial charge is 0.248 e. The zero-order valence-electron chi connectivity index (χ0n) is 16.7. The van der Waals surface area contributed by atoms with Gasteiger partial charge in [0.1, 0.15) is 0 Å². The Morgan fingerprint density at radius 3 is 3.19 bits per heavy atom. The Bertz CT molecular complexity index is 713. The number of fused-ring (bicyclic) bond motifs is 3. The minimum absolute atomic E-state index is 0.0237. The standard InChI is InChI=1S/C21H31N3O2S/c1-15(20(25)23(2)26-3)8-9-21-10-11-22-14-17(21)16-6-4-7-18-19(16)24(21)12-5-13-27-18/h4,6-7,15,17,22H,5,8-14H2,1-3H3. The van der Waals surface area contributed by atoms with E-state index >= 15 is 0 Å². The summed E-state index contributed by atoms with van der Waals surface area (Å²) in [5.41, 5.74) is 3.15. The van der Waals surface area contributed by atoms with Gasteiger partial charge < -0.3 is 10.2 Å². The van der Waals surface area contributed by atoms with Crippen molar-refractivity contribution in [1.29, 1.82) is 0 Å². The summed E-state index contributed by atoms with van der Waals surface area (Å²) in [5, 5.41) is 5.00. The van der Waals surface area contributed by atoms with E-state index < -0.39 is 0 Å². The van der Waals surface area contributed by atoms with Crippen LogP contribution < -0.4 is 10.2 Å². The molecular formula is C21H31N3O2S. The molecule has 0 bridgehead atoms. The first-order chi connectivity index (χ1) is 13.1. The fraction of sp³-hybridized carbons (Fsp3) is 0.667. The lowest BCUT2D eigenvalue weighted by Gasteiger charge is -2.47. The van der Waals surface area contributed by atoms with Crippen molar-refractivity contribution in [1.82, 2.24) is 10.4 Å². The number of hydroxylamine groups is 2. The number of hydrogen-bond acceptors (Lipinski definition) is 5. The van der Waals surface area contributed by atoms with Gasteiger partial charge in [0.25, 0.3) is 0 Å². The molecule has 3 unspecified atom stereocenters. The second-order valence-electron chi connectivity index (χ2n) is 8.12. The molecule has 27 heavy (non-hydrogen) atoms. The number of piperidine rings is 1. The summed E-state index contributed by atoms with van der Waals surface area (Å²) in [4.78, 5) is 21.8. The van der Waals surface area contributed by atoms with Crippen LogP contribution in [-0.4, -0.2) is 56.1 Å². The first-order valence-electron chi connectivity index (χ1n) is 10.1. The zero-order valence-corrected chi connectivity index (χ0v) is 17.5. The Morgan fingerprint density at radius 1 is 1.52 bits per heavy atom. The molecule has 3 aliphatic rings. The van der Waals surface area contributed by atoms with Gasteiger partial charge in [-0.2, -0.15) is 0 Å². The number of amides is 1. The highest BCUT2D eigenvalue weighted by Gasteiger charge is 2.53. The molecule has 1 amide bonds. The Hall–Kier alpha value is -1.24. The molecule has 3 aliphatic heterocycles. The van der Waals surface area contributed by atoms with E-state index in [0.29, 0.717) is 5.92 Å². The van der Waals surface area contributed by atoms with Gasteiger partial charge in [-0.15, -0.1) is 11.8 Å². The normalized spacial score (nSPS) is 27.5. The third kappa shape index (κ3) is 3.15. The van der Waals surface area contributed by atoms with Gasteiger partial charge in [-0.25, -0.2) is 5.06 Å². The molecule has 4 rings (SSSR count). The summed E-state index contributed by atoms with van der Waals surface area (Å²) < 4.78 is 0. The predicted molar refractivity (Wildman–Crippen MR) is 110 cm³/mol. The number of anilines is 1. The maximum absolute atomic E-state index is 12.5.